The molecule has 148 valence electrons. The number of hydroxylamine groups is 1. The molecular formula is C19H26N2O6. The van der Waals surface area contributed by atoms with E-state index >= 15 is 0 Å². The summed E-state index contributed by atoms with van der Waals surface area (Å²) < 4.78 is 0. The lowest BCUT2D eigenvalue weighted by Gasteiger charge is -2.06. The highest BCUT2D eigenvalue weighted by molar-refractivity contribution is 5.90. The molecular weight excluding hydrogens is 352 g/mol. The van der Waals surface area contributed by atoms with Gasteiger partial charge in [-0.3, -0.25) is 14.4 Å². The number of hydrogen-bond donors (Lipinski definition) is 3. The molecule has 0 bridgehead atoms. The fourth-order valence-electron chi connectivity index (χ4n) is 2.27. The predicted octanol–water partition coefficient (Wildman–Crippen LogP) is 2.79. The van der Waals surface area contributed by atoms with Crippen LogP contribution in [0.2, 0.25) is 0 Å². The monoisotopic (exact) mass is 378 g/mol. The molecule has 1 aromatic carbocycles. The summed E-state index contributed by atoms with van der Waals surface area (Å²) in [5.41, 5.74) is 2.83. The van der Waals surface area contributed by atoms with E-state index in [1.165, 1.54) is 0 Å². The normalized spacial score (nSPS) is 10.1. The Kier molecular flexibility index (Phi) is 10.9. The van der Waals surface area contributed by atoms with E-state index in [0.29, 0.717) is 12.8 Å². The summed E-state index contributed by atoms with van der Waals surface area (Å²) >= 11 is 0. The van der Waals surface area contributed by atoms with E-state index < -0.39 is 17.8 Å². The first-order chi connectivity index (χ1) is 13.0. The van der Waals surface area contributed by atoms with Crippen molar-refractivity contribution in [3.8, 4) is 0 Å². The molecule has 0 unspecified atom stereocenters. The van der Waals surface area contributed by atoms with Crippen molar-refractivity contribution in [2.45, 2.75) is 57.8 Å². The number of carbonyl (C=O) groups is 4. The highest BCUT2D eigenvalue weighted by Crippen LogP contribution is 2.09. The van der Waals surface area contributed by atoms with Gasteiger partial charge < -0.3 is 15.3 Å². The first-order valence-corrected chi connectivity index (χ1v) is 9.02. The third-order valence-electron chi connectivity index (χ3n) is 3.67. The van der Waals surface area contributed by atoms with Gasteiger partial charge in [-0.05, 0) is 31.4 Å². The van der Waals surface area contributed by atoms with E-state index in [0.717, 1.165) is 24.9 Å². The topological polar surface area (TPSA) is 122 Å². The number of para-hydroxylation sites is 1. The van der Waals surface area contributed by atoms with Gasteiger partial charge in [-0.2, -0.15) is 5.48 Å². The minimum atomic E-state index is -0.982. The molecule has 0 aromatic heterocycles. The van der Waals surface area contributed by atoms with Gasteiger partial charge in [0.05, 0.1) is 0 Å². The van der Waals surface area contributed by atoms with Crippen LogP contribution in [-0.2, 0) is 24.0 Å². The fourth-order valence-corrected chi connectivity index (χ4v) is 2.27. The van der Waals surface area contributed by atoms with Crippen LogP contribution in [0.25, 0.3) is 0 Å². The molecule has 0 fully saturated rings. The zero-order valence-corrected chi connectivity index (χ0v) is 15.2. The molecule has 1 aromatic rings. The third-order valence-corrected chi connectivity index (χ3v) is 3.67. The smallest absolute Gasteiger partial charge is 0.332 e. The van der Waals surface area contributed by atoms with Gasteiger partial charge in [0, 0.05) is 31.4 Å². The van der Waals surface area contributed by atoms with Crippen molar-refractivity contribution < 1.29 is 29.1 Å². The quantitative estimate of drug-likeness (QED) is 0.380. The van der Waals surface area contributed by atoms with Gasteiger partial charge in [0.15, 0.2) is 0 Å². The minimum Gasteiger partial charge on any atom is -0.481 e. The van der Waals surface area contributed by atoms with Crippen molar-refractivity contribution in [1.82, 2.24) is 5.48 Å². The van der Waals surface area contributed by atoms with Crippen molar-refractivity contribution in [2.75, 3.05) is 5.32 Å². The van der Waals surface area contributed by atoms with Crippen molar-refractivity contribution in [3.05, 3.63) is 30.3 Å². The summed E-state index contributed by atoms with van der Waals surface area (Å²) in [5, 5.41) is 11.3. The summed E-state index contributed by atoms with van der Waals surface area (Å²) in [6.07, 6.45) is 3.62. The van der Waals surface area contributed by atoms with Crippen LogP contribution in [0.1, 0.15) is 57.8 Å². The summed E-state index contributed by atoms with van der Waals surface area (Å²) in [5.74, 6) is -2.07. The molecule has 0 radical (unpaired) electrons. The number of nitrogens with one attached hydrogen (secondary N) is 2. The molecule has 1 rings (SSSR count). The first kappa shape index (κ1) is 22.1. The van der Waals surface area contributed by atoms with E-state index in [2.05, 4.69) is 15.6 Å². The first-order valence-electron chi connectivity index (χ1n) is 9.02. The van der Waals surface area contributed by atoms with Crippen LogP contribution in [0.4, 0.5) is 5.69 Å². The SMILES string of the molecule is O=C(O)CCCC(=O)ONC(=O)CCCCCCC(=O)Nc1ccccc1. The number of rotatable bonds is 12. The van der Waals surface area contributed by atoms with Gasteiger partial charge in [-0.1, -0.05) is 31.0 Å². The lowest BCUT2D eigenvalue weighted by molar-refractivity contribution is -0.158. The minimum absolute atomic E-state index is 0.0336. The molecule has 8 nitrogen and oxygen atoms in total. The summed E-state index contributed by atoms with van der Waals surface area (Å²) in [4.78, 5) is 49.4. The lowest BCUT2D eigenvalue weighted by Crippen LogP contribution is -2.26. The molecule has 0 aliphatic carbocycles. The Morgan fingerprint density at radius 3 is 2.04 bits per heavy atom. The number of carboxylic acid groups (broad SMARTS) is 1. The summed E-state index contributed by atoms with van der Waals surface area (Å²) in [6, 6.07) is 9.25. The maximum atomic E-state index is 11.8. The van der Waals surface area contributed by atoms with Crippen molar-refractivity contribution in [1.29, 1.82) is 0 Å². The van der Waals surface area contributed by atoms with E-state index in [1.54, 1.807) is 0 Å². The van der Waals surface area contributed by atoms with Crippen molar-refractivity contribution >= 4 is 29.4 Å². The fraction of sp³-hybridized carbons (Fsp3) is 0.474. The number of carbonyl (C=O) groups excluding carboxylic acids is 3. The molecule has 0 aliphatic heterocycles. The number of carboxylic acids is 1. The van der Waals surface area contributed by atoms with E-state index in [9.17, 15) is 19.2 Å². The zero-order valence-electron chi connectivity index (χ0n) is 15.2. The molecule has 0 atom stereocenters. The van der Waals surface area contributed by atoms with Gasteiger partial charge in [0.25, 0.3) is 5.91 Å². The molecule has 0 spiro atoms. The number of hydrogen-bond acceptors (Lipinski definition) is 5. The second-order valence-electron chi connectivity index (χ2n) is 6.08. The van der Waals surface area contributed by atoms with E-state index in [1.807, 2.05) is 30.3 Å². The third kappa shape index (κ3) is 12.1. The molecule has 0 heterocycles. The largest absolute Gasteiger partial charge is 0.481 e. The Bertz CT molecular complexity index is 618. The van der Waals surface area contributed by atoms with E-state index in [4.69, 9.17) is 5.11 Å². The van der Waals surface area contributed by atoms with Crippen LogP contribution in [0.5, 0.6) is 0 Å². The molecule has 27 heavy (non-hydrogen) atoms. The average Bonchev–Trinajstić information content (AvgIpc) is 2.63. The highest BCUT2D eigenvalue weighted by atomic mass is 16.7. The summed E-state index contributed by atoms with van der Waals surface area (Å²) in [7, 11) is 0. The van der Waals surface area contributed by atoms with Crippen molar-refractivity contribution in [2.24, 2.45) is 0 Å². The summed E-state index contributed by atoms with van der Waals surface area (Å²) in [6.45, 7) is 0. The second kappa shape index (κ2) is 13.3. The Morgan fingerprint density at radius 2 is 1.41 bits per heavy atom. The number of amides is 2. The van der Waals surface area contributed by atoms with Crippen LogP contribution < -0.4 is 10.8 Å². The Morgan fingerprint density at radius 1 is 0.778 bits per heavy atom. The van der Waals surface area contributed by atoms with Crippen LogP contribution in [0.3, 0.4) is 0 Å². The molecule has 2 amide bonds. The van der Waals surface area contributed by atoms with Crippen LogP contribution in [-0.4, -0.2) is 28.9 Å². The number of benzene rings is 1. The zero-order chi connectivity index (χ0) is 19.9. The average molecular weight is 378 g/mol. The van der Waals surface area contributed by atoms with Crippen LogP contribution >= 0.6 is 0 Å². The van der Waals surface area contributed by atoms with Gasteiger partial charge in [0.1, 0.15) is 0 Å². The lowest BCUT2D eigenvalue weighted by atomic mass is 10.1. The maximum Gasteiger partial charge on any atom is 0.332 e. The molecule has 0 aliphatic rings. The van der Waals surface area contributed by atoms with Gasteiger partial charge in [0.2, 0.25) is 5.91 Å². The van der Waals surface area contributed by atoms with Crippen molar-refractivity contribution in [3.63, 3.8) is 0 Å². The van der Waals surface area contributed by atoms with Gasteiger partial charge in [-0.15, -0.1) is 0 Å². The van der Waals surface area contributed by atoms with Crippen LogP contribution in [0.15, 0.2) is 30.3 Å². The molecule has 3 N–H and O–H groups in total. The van der Waals surface area contributed by atoms with Crippen LogP contribution in [0, 0.1) is 0 Å². The van der Waals surface area contributed by atoms with E-state index in [-0.39, 0.29) is 31.6 Å². The predicted molar refractivity (Wildman–Crippen MR) is 98.5 cm³/mol. The molecule has 0 saturated heterocycles. The molecule has 8 heteroatoms. The Hall–Kier alpha value is -2.90. The highest BCUT2D eigenvalue weighted by Gasteiger charge is 2.08. The maximum absolute atomic E-state index is 11.8. The Balaban J connectivity index is 1.98. The number of aliphatic carboxylic acids is 1. The Labute approximate surface area is 158 Å². The second-order valence-corrected chi connectivity index (χ2v) is 6.08. The number of unbranched alkanes of at least 4 members (excludes halogenated alkanes) is 3. The standard InChI is InChI=1S/C19H26N2O6/c22-16(20-15-9-4-3-5-10-15)11-6-1-2-7-12-17(23)21-27-19(26)14-8-13-18(24)25/h3-5,9-10H,1-2,6-8,11-14H2,(H,20,22)(H,21,23)(H,24,25). The van der Waals surface area contributed by atoms with Gasteiger partial charge >= 0.3 is 11.9 Å². The number of anilines is 1. The molecule has 0 saturated carbocycles. The van der Waals surface area contributed by atoms with Gasteiger partial charge in [-0.25, -0.2) is 4.79 Å².